The highest BCUT2D eigenvalue weighted by atomic mass is 35.5. The molecule has 20 heavy (non-hydrogen) atoms. The number of nitrogens with zero attached hydrogens (tertiary/aromatic N) is 2. The third-order valence-corrected chi connectivity index (χ3v) is 2.98. The molecule has 2 aromatic rings. The lowest BCUT2D eigenvalue weighted by Gasteiger charge is -2.11. The summed E-state index contributed by atoms with van der Waals surface area (Å²) in [5, 5.41) is 6.06. The Balaban J connectivity index is 2.59. The van der Waals surface area contributed by atoms with Gasteiger partial charge in [-0.2, -0.15) is 0 Å². The minimum absolute atomic E-state index is 0.268. The lowest BCUT2D eigenvalue weighted by Crippen LogP contribution is -1.98. The zero-order chi connectivity index (χ0) is 21.6. The van der Waals surface area contributed by atoms with Crippen molar-refractivity contribution in [3.63, 3.8) is 0 Å². The third-order valence-electron chi connectivity index (χ3n) is 2.16. The van der Waals surface area contributed by atoms with Crippen molar-refractivity contribution in [2.24, 2.45) is 0 Å². The van der Waals surface area contributed by atoms with Gasteiger partial charge in [-0.15, -0.1) is 10.2 Å². The first-order valence-corrected chi connectivity index (χ1v) is 6.24. The Labute approximate surface area is 143 Å². The van der Waals surface area contributed by atoms with E-state index in [0.29, 0.717) is 0 Å². The summed E-state index contributed by atoms with van der Waals surface area (Å²) < 4.78 is 66.2. The Kier molecular flexibility index (Phi) is 2.32. The quantitative estimate of drug-likeness (QED) is 0.804. The SMILES string of the molecule is [2H]c1c(N)c([2H])c(Cl)c(Oc2cc(C(C([2H])([2H])[2H])C([2H])([2H])[2H])c(Cl)nn2)c1Cl. The molecule has 2 N–H and O–H groups in total. The maximum Gasteiger partial charge on any atom is 0.239 e. The number of aromatic nitrogens is 2. The molecule has 0 saturated heterocycles. The molecule has 0 saturated carbocycles. The fraction of sp³-hybridized carbons (Fsp3) is 0.231. The second kappa shape index (κ2) is 6.04. The first kappa shape index (κ1) is 7.69. The molecule has 0 radical (unpaired) electrons. The fourth-order valence-electron chi connectivity index (χ4n) is 1.30. The molecule has 1 heterocycles. The summed E-state index contributed by atoms with van der Waals surface area (Å²) in [6.07, 6.45) is 0. The second-order valence-electron chi connectivity index (χ2n) is 3.58. The molecule has 1 aromatic carbocycles. The van der Waals surface area contributed by atoms with Crippen LogP contribution in [0, 0.1) is 0 Å². The highest BCUT2D eigenvalue weighted by Gasteiger charge is 2.14. The minimum Gasteiger partial charge on any atom is -0.434 e. The van der Waals surface area contributed by atoms with E-state index in [1.165, 1.54) is 0 Å². The van der Waals surface area contributed by atoms with E-state index in [4.69, 9.17) is 56.2 Å². The number of benzene rings is 1. The van der Waals surface area contributed by atoms with E-state index in [1.807, 2.05) is 0 Å². The minimum atomic E-state index is -2.92. The van der Waals surface area contributed by atoms with Crippen molar-refractivity contribution in [2.75, 3.05) is 5.73 Å². The number of rotatable bonds is 3. The van der Waals surface area contributed by atoms with Gasteiger partial charge >= 0.3 is 0 Å². The molecule has 0 aliphatic rings. The van der Waals surface area contributed by atoms with E-state index >= 15 is 0 Å². The summed E-state index contributed by atoms with van der Waals surface area (Å²) in [5.74, 6) is -2.68. The molecule has 0 spiro atoms. The van der Waals surface area contributed by atoms with Crippen LogP contribution in [0.25, 0.3) is 0 Å². The maximum absolute atomic E-state index is 7.78. The van der Waals surface area contributed by atoms with Crippen molar-refractivity contribution in [1.82, 2.24) is 10.2 Å². The summed E-state index contributed by atoms with van der Waals surface area (Å²) in [7, 11) is 0. The van der Waals surface area contributed by atoms with Gasteiger partial charge in [-0.05, 0) is 23.6 Å². The summed E-state index contributed by atoms with van der Waals surface area (Å²) >= 11 is 17.9. The van der Waals surface area contributed by atoms with Gasteiger partial charge in [0.15, 0.2) is 10.9 Å². The van der Waals surface area contributed by atoms with E-state index in [0.717, 1.165) is 6.07 Å². The molecular weight excluding hydrogens is 321 g/mol. The number of hydrogen-bond donors (Lipinski definition) is 1. The molecule has 0 aliphatic heterocycles. The Bertz CT molecular complexity index is 876. The first-order valence-electron chi connectivity index (χ1n) is 9.10. The van der Waals surface area contributed by atoms with Crippen molar-refractivity contribution in [3.8, 4) is 11.6 Å². The largest absolute Gasteiger partial charge is 0.434 e. The van der Waals surface area contributed by atoms with Crippen LogP contribution in [0.5, 0.6) is 11.6 Å². The third kappa shape index (κ3) is 3.26. The summed E-state index contributed by atoms with van der Waals surface area (Å²) in [4.78, 5) is 0. The molecule has 0 aliphatic carbocycles. The smallest absolute Gasteiger partial charge is 0.239 e. The van der Waals surface area contributed by atoms with Gasteiger partial charge in [-0.25, -0.2) is 0 Å². The molecule has 0 atom stereocenters. The molecule has 106 valence electrons. The number of halogens is 3. The number of nitrogen functional groups attached to an aromatic ring is 1. The molecule has 0 fully saturated rings. The van der Waals surface area contributed by atoms with Gasteiger partial charge in [0, 0.05) is 20.0 Å². The molecule has 0 unspecified atom stereocenters. The summed E-state index contributed by atoms with van der Waals surface area (Å²) in [6, 6.07) is 0.168. The molecule has 2 rings (SSSR count). The van der Waals surface area contributed by atoms with E-state index in [9.17, 15) is 0 Å². The number of anilines is 1. The maximum atomic E-state index is 7.78. The Morgan fingerprint density at radius 3 is 2.50 bits per heavy atom. The molecular formula is C13H12Cl3N3O. The van der Waals surface area contributed by atoms with Crippen LogP contribution in [0.3, 0.4) is 0 Å². The topological polar surface area (TPSA) is 61.0 Å². The normalized spacial score (nSPS) is 18.0. The monoisotopic (exact) mass is 339 g/mol. The Morgan fingerprint density at radius 2 is 1.90 bits per heavy atom. The van der Waals surface area contributed by atoms with Gasteiger partial charge < -0.3 is 10.5 Å². The van der Waals surface area contributed by atoms with E-state index in [1.54, 1.807) is 0 Å². The number of ether oxygens (including phenoxy) is 1. The Hall–Kier alpha value is -1.23. The van der Waals surface area contributed by atoms with Crippen LogP contribution < -0.4 is 10.5 Å². The molecule has 1 aromatic heterocycles. The van der Waals surface area contributed by atoms with Gasteiger partial charge in [-0.1, -0.05) is 48.5 Å². The van der Waals surface area contributed by atoms with Crippen LogP contribution in [0.1, 0.15) is 36.2 Å². The van der Waals surface area contributed by atoms with Gasteiger partial charge in [0.25, 0.3) is 0 Å². The molecule has 0 amide bonds. The van der Waals surface area contributed by atoms with Crippen molar-refractivity contribution in [3.05, 3.63) is 38.9 Å². The van der Waals surface area contributed by atoms with Crippen LogP contribution in [-0.4, -0.2) is 10.2 Å². The van der Waals surface area contributed by atoms with Crippen molar-refractivity contribution >= 4 is 40.5 Å². The molecule has 7 heteroatoms. The van der Waals surface area contributed by atoms with Crippen molar-refractivity contribution < 1.29 is 15.7 Å². The van der Waals surface area contributed by atoms with Crippen LogP contribution in [-0.2, 0) is 0 Å². The van der Waals surface area contributed by atoms with Gasteiger partial charge in [0.05, 0.1) is 12.8 Å². The van der Waals surface area contributed by atoms with Crippen LogP contribution >= 0.6 is 34.8 Å². The highest BCUT2D eigenvalue weighted by Crippen LogP contribution is 2.38. The zero-order valence-electron chi connectivity index (χ0n) is 17.7. The summed E-state index contributed by atoms with van der Waals surface area (Å²) in [5.41, 5.74) is 4.95. The van der Waals surface area contributed by atoms with Crippen molar-refractivity contribution in [2.45, 2.75) is 19.6 Å². The highest BCUT2D eigenvalue weighted by molar-refractivity contribution is 6.37. The lowest BCUT2D eigenvalue weighted by atomic mass is 10.1. The summed E-state index contributed by atoms with van der Waals surface area (Å²) in [6.45, 7) is -5.84. The van der Waals surface area contributed by atoms with Crippen LogP contribution in [0.4, 0.5) is 5.69 Å². The predicted molar refractivity (Wildman–Crippen MR) is 82.1 cm³/mol. The van der Waals surface area contributed by atoms with E-state index in [2.05, 4.69) is 10.2 Å². The Morgan fingerprint density at radius 1 is 1.25 bits per heavy atom. The average Bonchev–Trinajstić information content (AvgIpc) is 2.55. The van der Waals surface area contributed by atoms with Gasteiger partial charge in [0.2, 0.25) is 5.88 Å². The second-order valence-corrected chi connectivity index (χ2v) is 4.70. The first-order chi connectivity index (χ1) is 12.7. The van der Waals surface area contributed by atoms with E-state index < -0.39 is 36.9 Å². The molecule has 4 nitrogen and oxygen atoms in total. The molecule has 0 bridgehead atoms. The van der Waals surface area contributed by atoms with Gasteiger partial charge in [0.1, 0.15) is 0 Å². The van der Waals surface area contributed by atoms with Crippen LogP contribution in [0.15, 0.2) is 18.2 Å². The number of nitrogens with two attached hydrogens (primary N) is 1. The van der Waals surface area contributed by atoms with Crippen LogP contribution in [0.2, 0.25) is 15.2 Å². The average molecular weight is 341 g/mol. The predicted octanol–water partition coefficient (Wildman–Crippen LogP) is 4.93. The standard InChI is InChI=1S/C13H12Cl3N3O/c1-6(2)8-5-11(18-19-13(8)16)20-12-9(14)3-7(17)4-10(12)15/h3-6H,17H2,1-2H3/i1D3,2D3,3D,4D. The zero-order valence-corrected chi connectivity index (χ0v) is 11.9. The fourth-order valence-corrected chi connectivity index (χ4v) is 2.02. The number of hydrogen-bond acceptors (Lipinski definition) is 4. The van der Waals surface area contributed by atoms with Gasteiger partial charge in [-0.3, -0.25) is 0 Å². The van der Waals surface area contributed by atoms with Crippen molar-refractivity contribution in [1.29, 1.82) is 0 Å². The lowest BCUT2D eigenvalue weighted by molar-refractivity contribution is 0.454. The van der Waals surface area contributed by atoms with E-state index in [-0.39, 0.29) is 32.9 Å².